The molecule has 0 heterocycles. The molecule has 0 aromatic heterocycles. The first-order valence-electron chi connectivity index (χ1n) is 10.2. The van der Waals surface area contributed by atoms with Gasteiger partial charge in [-0.2, -0.15) is 0 Å². The SMILES string of the molecule is CCCNC(=O)[C@H](C)N(Cc1c(Cl)cccc1Cl)C(=O)CN(c1cccc(F)c1)S(C)(=O)=O. The lowest BCUT2D eigenvalue weighted by atomic mass is 10.1. The van der Waals surface area contributed by atoms with Crippen molar-refractivity contribution in [3.05, 3.63) is 63.9 Å². The number of benzene rings is 2. The fraction of sp³-hybridized carbons (Fsp3) is 0.364. The van der Waals surface area contributed by atoms with Gasteiger partial charge in [0.1, 0.15) is 18.4 Å². The first-order valence-corrected chi connectivity index (χ1v) is 12.8. The molecule has 0 aliphatic heterocycles. The van der Waals surface area contributed by atoms with Gasteiger partial charge in [-0.25, -0.2) is 12.8 Å². The number of nitrogens with one attached hydrogen (secondary N) is 1. The van der Waals surface area contributed by atoms with E-state index in [1.807, 2.05) is 6.92 Å². The zero-order chi connectivity index (χ0) is 24.8. The normalized spacial score (nSPS) is 12.2. The van der Waals surface area contributed by atoms with Crippen LogP contribution in [-0.4, -0.2) is 50.5 Å². The monoisotopic (exact) mass is 517 g/mol. The second-order valence-corrected chi connectivity index (χ2v) is 10.2. The lowest BCUT2D eigenvalue weighted by molar-refractivity contribution is -0.139. The maximum atomic E-state index is 13.7. The predicted octanol–water partition coefficient (Wildman–Crippen LogP) is 3.84. The Morgan fingerprint density at radius 3 is 2.27 bits per heavy atom. The van der Waals surface area contributed by atoms with Crippen LogP contribution >= 0.6 is 23.2 Å². The van der Waals surface area contributed by atoms with Gasteiger partial charge in [-0.15, -0.1) is 0 Å². The third-order valence-electron chi connectivity index (χ3n) is 4.88. The topological polar surface area (TPSA) is 86.8 Å². The molecule has 0 unspecified atom stereocenters. The van der Waals surface area contributed by atoms with Crippen molar-refractivity contribution in [1.82, 2.24) is 10.2 Å². The summed E-state index contributed by atoms with van der Waals surface area (Å²) in [6, 6.07) is 8.79. The van der Waals surface area contributed by atoms with Crippen molar-refractivity contribution in [3.8, 4) is 0 Å². The number of sulfonamides is 1. The summed E-state index contributed by atoms with van der Waals surface area (Å²) in [6.45, 7) is 3.06. The molecule has 2 rings (SSSR count). The highest BCUT2D eigenvalue weighted by atomic mass is 35.5. The number of amides is 2. The molecule has 33 heavy (non-hydrogen) atoms. The average Bonchev–Trinajstić information content (AvgIpc) is 2.74. The number of hydrogen-bond acceptors (Lipinski definition) is 4. The number of anilines is 1. The molecule has 2 aromatic rings. The van der Waals surface area contributed by atoms with Gasteiger partial charge in [0.15, 0.2) is 0 Å². The van der Waals surface area contributed by atoms with E-state index in [1.165, 1.54) is 24.0 Å². The summed E-state index contributed by atoms with van der Waals surface area (Å²) in [6.07, 6.45) is 1.61. The molecule has 0 bridgehead atoms. The molecule has 7 nitrogen and oxygen atoms in total. The van der Waals surface area contributed by atoms with E-state index in [0.717, 1.165) is 22.7 Å². The molecule has 0 saturated carbocycles. The fourth-order valence-electron chi connectivity index (χ4n) is 3.08. The van der Waals surface area contributed by atoms with E-state index in [-0.39, 0.29) is 12.2 Å². The third kappa shape index (κ3) is 7.31. The first-order chi connectivity index (χ1) is 15.5. The standard InChI is InChI=1S/C22H26Cl2FN3O4S/c1-4-11-26-22(30)15(2)27(13-18-19(23)9-6-10-20(18)24)21(29)14-28(33(3,31)32)17-8-5-7-16(25)12-17/h5-10,12,15H,4,11,13-14H2,1-3H3,(H,26,30)/t15-/m0/s1. The van der Waals surface area contributed by atoms with E-state index >= 15 is 0 Å². The van der Waals surface area contributed by atoms with Crippen LogP contribution in [0.3, 0.4) is 0 Å². The maximum absolute atomic E-state index is 13.7. The van der Waals surface area contributed by atoms with E-state index in [4.69, 9.17) is 23.2 Å². The number of carbonyl (C=O) groups is 2. The smallest absolute Gasteiger partial charge is 0.244 e. The van der Waals surface area contributed by atoms with Gasteiger partial charge < -0.3 is 10.2 Å². The molecule has 0 radical (unpaired) electrons. The quantitative estimate of drug-likeness (QED) is 0.518. The highest BCUT2D eigenvalue weighted by Gasteiger charge is 2.31. The van der Waals surface area contributed by atoms with Crippen LogP contribution in [0, 0.1) is 5.82 Å². The summed E-state index contributed by atoms with van der Waals surface area (Å²) < 4.78 is 39.4. The average molecular weight is 518 g/mol. The maximum Gasteiger partial charge on any atom is 0.244 e. The van der Waals surface area contributed by atoms with Gasteiger partial charge in [-0.1, -0.05) is 42.3 Å². The van der Waals surface area contributed by atoms with Crippen LogP contribution in [0.1, 0.15) is 25.8 Å². The van der Waals surface area contributed by atoms with Gasteiger partial charge in [-0.05, 0) is 43.7 Å². The van der Waals surface area contributed by atoms with Gasteiger partial charge in [0, 0.05) is 28.7 Å². The summed E-state index contributed by atoms with van der Waals surface area (Å²) in [4.78, 5) is 27.2. The lowest BCUT2D eigenvalue weighted by Crippen LogP contribution is -2.51. The number of nitrogens with zero attached hydrogens (tertiary/aromatic N) is 2. The molecule has 0 aliphatic rings. The molecule has 0 spiro atoms. The number of rotatable bonds is 10. The van der Waals surface area contributed by atoms with Crippen molar-refractivity contribution >= 4 is 50.7 Å². The molecule has 0 saturated heterocycles. The Morgan fingerprint density at radius 2 is 1.73 bits per heavy atom. The molecule has 11 heteroatoms. The van der Waals surface area contributed by atoms with Crippen LogP contribution in [0.2, 0.25) is 10.0 Å². The van der Waals surface area contributed by atoms with Gasteiger partial charge in [0.2, 0.25) is 21.8 Å². The van der Waals surface area contributed by atoms with E-state index in [0.29, 0.717) is 28.6 Å². The van der Waals surface area contributed by atoms with Crippen molar-refractivity contribution in [3.63, 3.8) is 0 Å². The molecule has 1 N–H and O–H groups in total. The highest BCUT2D eigenvalue weighted by Crippen LogP contribution is 2.27. The van der Waals surface area contributed by atoms with Gasteiger partial charge in [0.25, 0.3) is 0 Å². The van der Waals surface area contributed by atoms with Crippen LogP contribution in [0.5, 0.6) is 0 Å². The van der Waals surface area contributed by atoms with E-state index in [9.17, 15) is 22.4 Å². The summed E-state index contributed by atoms with van der Waals surface area (Å²) in [5.74, 6) is -1.74. The van der Waals surface area contributed by atoms with Crippen molar-refractivity contribution in [1.29, 1.82) is 0 Å². The second kappa shape index (κ2) is 11.7. The Hall–Kier alpha value is -2.36. The predicted molar refractivity (Wildman–Crippen MR) is 128 cm³/mol. The Morgan fingerprint density at radius 1 is 1.12 bits per heavy atom. The zero-order valence-corrected chi connectivity index (χ0v) is 20.8. The Kier molecular flexibility index (Phi) is 9.51. The van der Waals surface area contributed by atoms with Crippen molar-refractivity contribution in [2.75, 3.05) is 23.7 Å². The minimum Gasteiger partial charge on any atom is -0.354 e. The highest BCUT2D eigenvalue weighted by molar-refractivity contribution is 7.92. The van der Waals surface area contributed by atoms with Gasteiger partial charge in [-0.3, -0.25) is 13.9 Å². The third-order valence-corrected chi connectivity index (χ3v) is 6.73. The molecule has 2 amide bonds. The molecular formula is C22H26Cl2FN3O4S. The molecule has 0 fully saturated rings. The van der Waals surface area contributed by atoms with E-state index < -0.39 is 40.2 Å². The Bertz CT molecular complexity index is 1090. The van der Waals surface area contributed by atoms with Crippen LogP contribution < -0.4 is 9.62 Å². The summed E-state index contributed by atoms with van der Waals surface area (Å²) in [5, 5.41) is 3.32. The van der Waals surface area contributed by atoms with E-state index in [2.05, 4.69) is 5.32 Å². The van der Waals surface area contributed by atoms with Gasteiger partial charge >= 0.3 is 0 Å². The summed E-state index contributed by atoms with van der Waals surface area (Å²) >= 11 is 12.5. The van der Waals surface area contributed by atoms with Crippen LogP contribution in [0.4, 0.5) is 10.1 Å². The van der Waals surface area contributed by atoms with Crippen molar-refractivity contribution in [2.45, 2.75) is 32.9 Å². The number of hydrogen-bond donors (Lipinski definition) is 1. The molecular weight excluding hydrogens is 492 g/mol. The van der Waals surface area contributed by atoms with Gasteiger partial charge in [0.05, 0.1) is 11.9 Å². The number of carbonyl (C=O) groups excluding carboxylic acids is 2. The fourth-order valence-corrected chi connectivity index (χ4v) is 4.44. The van der Waals surface area contributed by atoms with Crippen LogP contribution in [-0.2, 0) is 26.2 Å². The first kappa shape index (κ1) is 26.9. The van der Waals surface area contributed by atoms with Crippen LogP contribution in [0.25, 0.3) is 0 Å². The zero-order valence-electron chi connectivity index (χ0n) is 18.5. The minimum absolute atomic E-state index is 0.00957. The largest absolute Gasteiger partial charge is 0.354 e. The lowest BCUT2D eigenvalue weighted by Gasteiger charge is -2.32. The Balaban J connectivity index is 2.43. The molecule has 180 valence electrons. The van der Waals surface area contributed by atoms with E-state index in [1.54, 1.807) is 18.2 Å². The second-order valence-electron chi connectivity index (χ2n) is 7.44. The molecule has 1 atom stereocenters. The van der Waals surface area contributed by atoms with Crippen molar-refractivity contribution < 1.29 is 22.4 Å². The molecule has 2 aromatic carbocycles. The summed E-state index contributed by atoms with van der Waals surface area (Å²) in [5.41, 5.74) is 0.408. The van der Waals surface area contributed by atoms with Crippen LogP contribution in [0.15, 0.2) is 42.5 Å². The summed E-state index contributed by atoms with van der Waals surface area (Å²) in [7, 11) is -3.95. The Labute approximate surface area is 203 Å². The molecule has 0 aliphatic carbocycles. The minimum atomic E-state index is -3.95. The number of halogens is 3. The van der Waals surface area contributed by atoms with Crippen molar-refractivity contribution in [2.24, 2.45) is 0 Å².